The van der Waals surface area contributed by atoms with Gasteiger partial charge >= 0.3 is 5.97 Å². The summed E-state index contributed by atoms with van der Waals surface area (Å²) in [5.74, 6) is 0.423. The lowest BCUT2D eigenvalue weighted by molar-refractivity contribution is -0.140. The lowest BCUT2D eigenvalue weighted by atomic mass is 10.0. The van der Waals surface area contributed by atoms with Gasteiger partial charge in [-0.25, -0.2) is 0 Å². The highest BCUT2D eigenvalue weighted by Gasteiger charge is 2.08. The molecule has 0 aliphatic carbocycles. The second kappa shape index (κ2) is 6.00. The summed E-state index contributed by atoms with van der Waals surface area (Å²) in [5, 5.41) is 0. The Hall–Kier alpha value is -0.570. The third-order valence-electron chi connectivity index (χ3n) is 1.72. The molecule has 1 atom stereocenters. The first-order chi connectivity index (χ1) is 5.56. The van der Waals surface area contributed by atoms with Gasteiger partial charge in [0, 0.05) is 12.5 Å². The minimum absolute atomic E-state index is 0.129. The molecule has 0 aromatic carbocycles. The molecule has 0 aromatic heterocycles. The summed E-state index contributed by atoms with van der Waals surface area (Å²) < 4.78 is 4.51. The van der Waals surface area contributed by atoms with Gasteiger partial charge in [-0.3, -0.25) is 4.79 Å². The maximum absolute atomic E-state index is 10.7. The predicted molar refractivity (Wildman–Crippen MR) is 48.7 cm³/mol. The summed E-state index contributed by atoms with van der Waals surface area (Å²) in [6.45, 7) is 4.25. The SMILES string of the molecule is COC(=O)CC[C@@H](N)CC(C)C. The maximum atomic E-state index is 10.7. The van der Waals surface area contributed by atoms with E-state index in [1.165, 1.54) is 7.11 Å². The molecule has 0 aliphatic heterocycles. The van der Waals surface area contributed by atoms with E-state index < -0.39 is 0 Å². The van der Waals surface area contributed by atoms with Crippen molar-refractivity contribution in [1.29, 1.82) is 0 Å². The van der Waals surface area contributed by atoms with E-state index in [0.717, 1.165) is 12.8 Å². The standard InChI is InChI=1S/C9H19NO2/c1-7(2)6-8(10)4-5-9(11)12-3/h7-8H,4-6,10H2,1-3H3/t8-/m1/s1. The number of carbonyl (C=O) groups excluding carboxylic acids is 1. The first-order valence-corrected chi connectivity index (χ1v) is 4.38. The van der Waals surface area contributed by atoms with Gasteiger partial charge in [0.05, 0.1) is 7.11 Å². The van der Waals surface area contributed by atoms with Crippen molar-refractivity contribution in [1.82, 2.24) is 0 Å². The molecule has 72 valence electrons. The molecule has 3 nitrogen and oxygen atoms in total. The van der Waals surface area contributed by atoms with Gasteiger partial charge in [0.15, 0.2) is 0 Å². The molecule has 0 rings (SSSR count). The summed E-state index contributed by atoms with van der Waals surface area (Å²) in [7, 11) is 1.40. The van der Waals surface area contributed by atoms with Crippen molar-refractivity contribution >= 4 is 5.97 Å². The van der Waals surface area contributed by atoms with Crippen molar-refractivity contribution in [2.45, 2.75) is 39.2 Å². The Morgan fingerprint density at radius 2 is 2.08 bits per heavy atom. The smallest absolute Gasteiger partial charge is 0.305 e. The van der Waals surface area contributed by atoms with Crippen molar-refractivity contribution in [2.75, 3.05) is 7.11 Å². The average molecular weight is 173 g/mol. The molecule has 0 unspecified atom stereocenters. The van der Waals surface area contributed by atoms with Crippen LogP contribution in [0.3, 0.4) is 0 Å². The molecule has 0 bridgehead atoms. The second-order valence-corrected chi connectivity index (χ2v) is 3.50. The molecule has 0 radical (unpaired) electrons. The summed E-state index contributed by atoms with van der Waals surface area (Å²) in [5.41, 5.74) is 5.77. The summed E-state index contributed by atoms with van der Waals surface area (Å²) >= 11 is 0. The highest BCUT2D eigenvalue weighted by molar-refractivity contribution is 5.69. The van der Waals surface area contributed by atoms with E-state index in [-0.39, 0.29) is 12.0 Å². The Bertz CT molecular complexity index is 134. The molecule has 0 aliphatic rings. The number of carbonyl (C=O) groups is 1. The van der Waals surface area contributed by atoms with Crippen LogP contribution in [0.5, 0.6) is 0 Å². The summed E-state index contributed by atoms with van der Waals surface area (Å²) in [6.07, 6.45) is 2.13. The third-order valence-corrected chi connectivity index (χ3v) is 1.72. The van der Waals surface area contributed by atoms with E-state index in [2.05, 4.69) is 18.6 Å². The molecule has 3 heteroatoms. The summed E-state index contributed by atoms with van der Waals surface area (Å²) in [6, 6.07) is 0.129. The van der Waals surface area contributed by atoms with Crippen LogP contribution in [-0.2, 0) is 9.53 Å². The fraction of sp³-hybridized carbons (Fsp3) is 0.889. The lowest BCUT2D eigenvalue weighted by Gasteiger charge is -2.12. The fourth-order valence-electron chi connectivity index (χ4n) is 1.13. The topological polar surface area (TPSA) is 52.3 Å². The van der Waals surface area contributed by atoms with Gasteiger partial charge in [0.25, 0.3) is 0 Å². The monoisotopic (exact) mass is 173 g/mol. The maximum Gasteiger partial charge on any atom is 0.305 e. The zero-order valence-electron chi connectivity index (χ0n) is 8.17. The van der Waals surface area contributed by atoms with E-state index in [0.29, 0.717) is 12.3 Å². The van der Waals surface area contributed by atoms with E-state index in [1.54, 1.807) is 0 Å². The Balaban J connectivity index is 3.43. The van der Waals surface area contributed by atoms with Gasteiger partial charge in [-0.15, -0.1) is 0 Å². The lowest BCUT2D eigenvalue weighted by Crippen LogP contribution is -2.23. The number of methoxy groups -OCH3 is 1. The van der Waals surface area contributed by atoms with Crippen molar-refractivity contribution in [2.24, 2.45) is 11.7 Å². The quantitative estimate of drug-likeness (QED) is 0.638. The van der Waals surface area contributed by atoms with Crippen molar-refractivity contribution in [3.05, 3.63) is 0 Å². The van der Waals surface area contributed by atoms with Gasteiger partial charge in [0.2, 0.25) is 0 Å². The van der Waals surface area contributed by atoms with Crippen LogP contribution >= 0.6 is 0 Å². The van der Waals surface area contributed by atoms with Crippen LogP contribution in [0.15, 0.2) is 0 Å². The van der Waals surface area contributed by atoms with Gasteiger partial charge in [-0.05, 0) is 18.8 Å². The van der Waals surface area contributed by atoms with Crippen molar-refractivity contribution in [3.63, 3.8) is 0 Å². The molecular formula is C9H19NO2. The van der Waals surface area contributed by atoms with Crippen LogP contribution in [-0.4, -0.2) is 19.1 Å². The molecule has 0 fully saturated rings. The molecule has 0 amide bonds. The van der Waals surface area contributed by atoms with Gasteiger partial charge in [-0.2, -0.15) is 0 Å². The van der Waals surface area contributed by atoms with Crippen molar-refractivity contribution in [3.8, 4) is 0 Å². The molecule has 0 saturated carbocycles. The predicted octanol–water partition coefficient (Wildman–Crippen LogP) is 1.31. The molecule has 0 spiro atoms. The van der Waals surface area contributed by atoms with Crippen LogP contribution in [0.25, 0.3) is 0 Å². The van der Waals surface area contributed by atoms with Crippen LogP contribution < -0.4 is 5.73 Å². The van der Waals surface area contributed by atoms with E-state index >= 15 is 0 Å². The number of esters is 1. The molecule has 2 N–H and O–H groups in total. The number of hydrogen-bond donors (Lipinski definition) is 1. The zero-order chi connectivity index (χ0) is 9.56. The van der Waals surface area contributed by atoms with E-state index in [9.17, 15) is 4.79 Å². The second-order valence-electron chi connectivity index (χ2n) is 3.50. The molecular weight excluding hydrogens is 154 g/mol. The largest absolute Gasteiger partial charge is 0.469 e. The highest BCUT2D eigenvalue weighted by atomic mass is 16.5. The van der Waals surface area contributed by atoms with Gasteiger partial charge < -0.3 is 10.5 Å². The normalized spacial score (nSPS) is 13.1. The van der Waals surface area contributed by atoms with Crippen LogP contribution in [0.4, 0.5) is 0 Å². The Labute approximate surface area is 74.3 Å². The molecule has 12 heavy (non-hydrogen) atoms. The molecule has 0 aromatic rings. The zero-order valence-corrected chi connectivity index (χ0v) is 8.17. The van der Waals surface area contributed by atoms with Crippen LogP contribution in [0, 0.1) is 5.92 Å². The Morgan fingerprint density at radius 3 is 2.50 bits per heavy atom. The first kappa shape index (κ1) is 11.4. The van der Waals surface area contributed by atoms with E-state index in [1.807, 2.05) is 0 Å². The number of rotatable bonds is 5. The van der Waals surface area contributed by atoms with Gasteiger partial charge in [-0.1, -0.05) is 13.8 Å². The third kappa shape index (κ3) is 6.16. The number of nitrogens with two attached hydrogens (primary N) is 1. The Kier molecular flexibility index (Phi) is 5.72. The van der Waals surface area contributed by atoms with Crippen molar-refractivity contribution < 1.29 is 9.53 Å². The molecule has 0 heterocycles. The minimum atomic E-state index is -0.172. The van der Waals surface area contributed by atoms with Crippen LogP contribution in [0.2, 0.25) is 0 Å². The molecule has 0 saturated heterocycles. The first-order valence-electron chi connectivity index (χ1n) is 4.38. The minimum Gasteiger partial charge on any atom is -0.469 e. The number of ether oxygens (including phenoxy) is 1. The number of hydrogen-bond acceptors (Lipinski definition) is 3. The highest BCUT2D eigenvalue weighted by Crippen LogP contribution is 2.07. The Morgan fingerprint density at radius 1 is 1.50 bits per heavy atom. The van der Waals surface area contributed by atoms with E-state index in [4.69, 9.17) is 5.73 Å². The van der Waals surface area contributed by atoms with Crippen LogP contribution in [0.1, 0.15) is 33.1 Å². The fourth-order valence-corrected chi connectivity index (χ4v) is 1.13. The average Bonchev–Trinajstić information content (AvgIpc) is 1.99. The summed E-state index contributed by atoms with van der Waals surface area (Å²) in [4.78, 5) is 10.7. The van der Waals surface area contributed by atoms with Gasteiger partial charge in [0.1, 0.15) is 0 Å².